The van der Waals surface area contributed by atoms with Gasteiger partial charge in [-0.2, -0.15) is 0 Å². The zero-order valence-electron chi connectivity index (χ0n) is 11.0. The summed E-state index contributed by atoms with van der Waals surface area (Å²) in [6, 6.07) is 5.62. The van der Waals surface area contributed by atoms with E-state index in [1.54, 1.807) is 13.8 Å². The molecule has 0 aliphatic heterocycles. The Balaban J connectivity index is 2.76. The summed E-state index contributed by atoms with van der Waals surface area (Å²) < 4.78 is 39.3. The Morgan fingerprint density at radius 1 is 1.26 bits per heavy atom. The molecule has 0 aromatic heterocycles. The molecule has 0 bridgehead atoms. The fourth-order valence-electron chi connectivity index (χ4n) is 1.33. The second-order valence-corrected chi connectivity index (χ2v) is 7.74. The molecule has 5 nitrogen and oxygen atoms in total. The standard InChI is InChI=1S/C12H16O5S2/c1-9(2)17-12(13)8-18(14)10-4-6-11(7-5-10)19(3,15)16/h4-7,9H,8H2,1-3H3. The molecule has 0 saturated heterocycles. The van der Waals surface area contributed by atoms with Gasteiger partial charge < -0.3 is 4.74 Å². The molecule has 0 heterocycles. The number of carbonyl (C=O) groups is 1. The van der Waals surface area contributed by atoms with Crippen LogP contribution in [0.5, 0.6) is 0 Å². The maximum atomic E-state index is 11.9. The normalized spacial score (nSPS) is 13.3. The van der Waals surface area contributed by atoms with Crippen LogP contribution in [-0.4, -0.2) is 36.7 Å². The summed E-state index contributed by atoms with van der Waals surface area (Å²) in [5.74, 6) is -0.781. The van der Waals surface area contributed by atoms with Gasteiger partial charge in [-0.05, 0) is 38.1 Å². The highest BCUT2D eigenvalue weighted by atomic mass is 32.2. The summed E-state index contributed by atoms with van der Waals surface area (Å²) >= 11 is 0. The third-order valence-corrected chi connectivity index (χ3v) is 4.56. The Bertz CT molecular complexity index is 573. The summed E-state index contributed by atoms with van der Waals surface area (Å²) in [5, 5.41) is 0. The van der Waals surface area contributed by atoms with Crippen molar-refractivity contribution in [2.24, 2.45) is 0 Å². The zero-order valence-corrected chi connectivity index (χ0v) is 12.6. The number of hydrogen-bond donors (Lipinski definition) is 0. The van der Waals surface area contributed by atoms with Crippen LogP contribution < -0.4 is 0 Å². The summed E-state index contributed by atoms with van der Waals surface area (Å²) in [6.45, 7) is 3.42. The van der Waals surface area contributed by atoms with Crippen LogP contribution in [-0.2, 0) is 30.2 Å². The predicted octanol–water partition coefficient (Wildman–Crippen LogP) is 1.15. The highest BCUT2D eigenvalue weighted by molar-refractivity contribution is 7.90. The number of sulfone groups is 1. The highest BCUT2D eigenvalue weighted by Crippen LogP contribution is 2.13. The summed E-state index contributed by atoms with van der Waals surface area (Å²) in [7, 11) is -4.81. The van der Waals surface area contributed by atoms with E-state index in [2.05, 4.69) is 0 Å². The molecule has 0 saturated carbocycles. The smallest absolute Gasteiger partial charge is 0.319 e. The highest BCUT2D eigenvalue weighted by Gasteiger charge is 2.14. The molecule has 0 aliphatic carbocycles. The van der Waals surface area contributed by atoms with Crippen LogP contribution in [0.15, 0.2) is 34.1 Å². The lowest BCUT2D eigenvalue weighted by atomic mass is 10.4. The van der Waals surface area contributed by atoms with Gasteiger partial charge in [-0.15, -0.1) is 0 Å². The lowest BCUT2D eigenvalue weighted by molar-refractivity contribution is -0.144. The Labute approximate surface area is 115 Å². The van der Waals surface area contributed by atoms with E-state index in [1.165, 1.54) is 24.3 Å². The fraction of sp³-hybridized carbons (Fsp3) is 0.417. The molecular formula is C12H16O5S2. The van der Waals surface area contributed by atoms with Crippen molar-refractivity contribution in [2.45, 2.75) is 29.7 Å². The topological polar surface area (TPSA) is 77.5 Å². The van der Waals surface area contributed by atoms with Crippen LogP contribution in [0.25, 0.3) is 0 Å². The maximum Gasteiger partial charge on any atom is 0.319 e. The molecular weight excluding hydrogens is 288 g/mol. The fourth-order valence-corrected chi connectivity index (χ4v) is 2.84. The molecule has 0 radical (unpaired) electrons. The molecule has 1 aromatic rings. The lowest BCUT2D eigenvalue weighted by Crippen LogP contribution is -2.18. The minimum absolute atomic E-state index is 0.151. The molecule has 0 amide bonds. The number of ether oxygens (including phenoxy) is 1. The van der Waals surface area contributed by atoms with E-state index in [9.17, 15) is 17.4 Å². The van der Waals surface area contributed by atoms with Crippen LogP contribution in [0, 0.1) is 0 Å². The van der Waals surface area contributed by atoms with Crippen molar-refractivity contribution >= 4 is 26.6 Å². The van der Waals surface area contributed by atoms with E-state index in [0.29, 0.717) is 4.90 Å². The van der Waals surface area contributed by atoms with E-state index in [4.69, 9.17) is 4.74 Å². The number of carbonyl (C=O) groups excluding carboxylic acids is 1. The van der Waals surface area contributed by atoms with Gasteiger partial charge in [0.05, 0.1) is 21.8 Å². The average molecular weight is 304 g/mol. The molecule has 106 valence electrons. The minimum atomic E-state index is -3.27. The van der Waals surface area contributed by atoms with E-state index in [-0.39, 0.29) is 16.8 Å². The molecule has 1 rings (SSSR count). The van der Waals surface area contributed by atoms with Crippen molar-refractivity contribution in [1.82, 2.24) is 0 Å². The molecule has 1 atom stereocenters. The lowest BCUT2D eigenvalue weighted by Gasteiger charge is -2.07. The van der Waals surface area contributed by atoms with Crippen LogP contribution in [0.2, 0.25) is 0 Å². The van der Waals surface area contributed by atoms with Gasteiger partial charge in [0, 0.05) is 11.2 Å². The first kappa shape index (κ1) is 15.8. The van der Waals surface area contributed by atoms with Crippen LogP contribution in [0.4, 0.5) is 0 Å². The van der Waals surface area contributed by atoms with Gasteiger partial charge in [0.15, 0.2) is 9.84 Å². The Morgan fingerprint density at radius 2 is 1.79 bits per heavy atom. The zero-order chi connectivity index (χ0) is 14.6. The maximum absolute atomic E-state index is 11.9. The molecule has 19 heavy (non-hydrogen) atoms. The van der Waals surface area contributed by atoms with Gasteiger partial charge in [-0.1, -0.05) is 0 Å². The number of benzene rings is 1. The largest absolute Gasteiger partial charge is 0.462 e. The van der Waals surface area contributed by atoms with Crippen LogP contribution in [0.3, 0.4) is 0 Å². The van der Waals surface area contributed by atoms with Gasteiger partial charge in [-0.3, -0.25) is 9.00 Å². The van der Waals surface area contributed by atoms with Crippen molar-refractivity contribution in [2.75, 3.05) is 12.0 Å². The first-order chi connectivity index (χ1) is 8.70. The van der Waals surface area contributed by atoms with Crippen LogP contribution in [0.1, 0.15) is 13.8 Å². The van der Waals surface area contributed by atoms with Gasteiger partial charge >= 0.3 is 5.97 Å². The molecule has 7 heteroatoms. The van der Waals surface area contributed by atoms with Crippen molar-refractivity contribution in [1.29, 1.82) is 0 Å². The molecule has 1 unspecified atom stereocenters. The first-order valence-corrected chi connectivity index (χ1v) is 8.79. The summed E-state index contributed by atoms with van der Waals surface area (Å²) in [5.41, 5.74) is 0. The van der Waals surface area contributed by atoms with E-state index in [0.717, 1.165) is 6.26 Å². The van der Waals surface area contributed by atoms with E-state index in [1.807, 2.05) is 0 Å². The number of rotatable bonds is 5. The van der Waals surface area contributed by atoms with Gasteiger partial charge in [0.25, 0.3) is 0 Å². The van der Waals surface area contributed by atoms with Crippen molar-refractivity contribution in [3.63, 3.8) is 0 Å². The number of hydrogen-bond acceptors (Lipinski definition) is 5. The SMILES string of the molecule is CC(C)OC(=O)CS(=O)c1ccc(S(C)(=O)=O)cc1. The first-order valence-electron chi connectivity index (χ1n) is 5.58. The second-order valence-electron chi connectivity index (χ2n) is 4.27. The average Bonchev–Trinajstić information content (AvgIpc) is 2.26. The monoisotopic (exact) mass is 304 g/mol. The molecule has 0 N–H and O–H groups in total. The summed E-state index contributed by atoms with van der Waals surface area (Å²) in [4.78, 5) is 11.9. The molecule has 0 spiro atoms. The minimum Gasteiger partial charge on any atom is -0.462 e. The predicted molar refractivity (Wildman–Crippen MR) is 72.1 cm³/mol. The van der Waals surface area contributed by atoms with Gasteiger partial charge in [0.2, 0.25) is 0 Å². The quantitative estimate of drug-likeness (QED) is 0.763. The third kappa shape index (κ3) is 5.12. The molecule has 0 aliphatic rings. The van der Waals surface area contributed by atoms with E-state index < -0.39 is 26.6 Å². The van der Waals surface area contributed by atoms with Crippen molar-refractivity contribution < 1.29 is 22.2 Å². The Kier molecular flexibility index (Phi) is 5.25. The molecule has 1 aromatic carbocycles. The Morgan fingerprint density at radius 3 is 2.21 bits per heavy atom. The van der Waals surface area contributed by atoms with Gasteiger partial charge in [0.1, 0.15) is 5.75 Å². The van der Waals surface area contributed by atoms with Crippen molar-refractivity contribution in [3.8, 4) is 0 Å². The third-order valence-electron chi connectivity index (χ3n) is 2.13. The Hall–Kier alpha value is -1.21. The summed E-state index contributed by atoms with van der Waals surface area (Å²) in [6.07, 6.45) is 0.844. The van der Waals surface area contributed by atoms with Gasteiger partial charge in [-0.25, -0.2) is 8.42 Å². The van der Waals surface area contributed by atoms with Crippen molar-refractivity contribution in [3.05, 3.63) is 24.3 Å². The second kappa shape index (κ2) is 6.29. The van der Waals surface area contributed by atoms with E-state index >= 15 is 0 Å². The molecule has 0 fully saturated rings. The van der Waals surface area contributed by atoms with Crippen LogP contribution >= 0.6 is 0 Å². The number of esters is 1.